The van der Waals surface area contributed by atoms with E-state index in [1.54, 1.807) is 0 Å². The van der Waals surface area contributed by atoms with Crippen LogP contribution < -0.4 is 5.32 Å². The van der Waals surface area contributed by atoms with E-state index in [2.05, 4.69) is 20.3 Å². The quantitative estimate of drug-likeness (QED) is 0.465. The Morgan fingerprint density at radius 3 is 2.00 bits per heavy atom. The van der Waals surface area contributed by atoms with Crippen molar-refractivity contribution in [1.82, 2.24) is 15.0 Å². The molecule has 0 radical (unpaired) electrons. The largest absolute Gasteiger partial charge is 0.416 e. The van der Waals surface area contributed by atoms with Gasteiger partial charge in [-0.1, -0.05) is 11.6 Å². The first-order chi connectivity index (χ1) is 12.0. The number of pyridine rings is 1. The minimum Gasteiger partial charge on any atom is -0.340 e. The van der Waals surface area contributed by atoms with Gasteiger partial charge < -0.3 is 5.32 Å². The molecule has 0 spiro atoms. The lowest BCUT2D eigenvalue weighted by atomic mass is 10.1. The van der Waals surface area contributed by atoms with Gasteiger partial charge in [-0.2, -0.15) is 26.3 Å². The molecule has 3 aromatic rings. The Labute approximate surface area is 146 Å². The highest BCUT2D eigenvalue weighted by Crippen LogP contribution is 2.38. The monoisotopic (exact) mass is 392 g/mol. The number of halogens is 7. The summed E-state index contributed by atoms with van der Waals surface area (Å²) in [5.74, 6) is -0.00764. The van der Waals surface area contributed by atoms with Crippen LogP contribution >= 0.6 is 11.6 Å². The third-order valence-corrected chi connectivity index (χ3v) is 3.55. The summed E-state index contributed by atoms with van der Waals surface area (Å²) in [6, 6.07) is 2.51. The molecule has 0 amide bonds. The molecule has 0 aliphatic rings. The van der Waals surface area contributed by atoms with E-state index in [4.69, 9.17) is 11.6 Å². The molecule has 0 aliphatic heterocycles. The summed E-state index contributed by atoms with van der Waals surface area (Å²) in [7, 11) is 0. The van der Waals surface area contributed by atoms with E-state index in [1.165, 1.54) is 12.3 Å². The van der Waals surface area contributed by atoms with E-state index in [9.17, 15) is 26.3 Å². The number of anilines is 2. The van der Waals surface area contributed by atoms with Crippen LogP contribution in [0.5, 0.6) is 0 Å². The first-order valence-electron chi connectivity index (χ1n) is 6.87. The van der Waals surface area contributed by atoms with Crippen LogP contribution in [0.2, 0.25) is 5.15 Å². The maximum absolute atomic E-state index is 12.9. The van der Waals surface area contributed by atoms with Gasteiger partial charge in [0.15, 0.2) is 0 Å². The van der Waals surface area contributed by atoms with Crippen molar-refractivity contribution in [2.45, 2.75) is 12.4 Å². The minimum absolute atomic E-state index is 0.00764. The molecule has 2 heterocycles. The van der Waals surface area contributed by atoms with Gasteiger partial charge in [0.25, 0.3) is 0 Å². The highest BCUT2D eigenvalue weighted by Gasteiger charge is 2.37. The molecule has 1 aromatic carbocycles. The summed E-state index contributed by atoms with van der Waals surface area (Å²) in [6.07, 6.45) is -7.49. The van der Waals surface area contributed by atoms with Crippen molar-refractivity contribution in [1.29, 1.82) is 0 Å². The fourth-order valence-corrected chi connectivity index (χ4v) is 2.35. The summed E-state index contributed by atoms with van der Waals surface area (Å²) in [6.45, 7) is 0. The lowest BCUT2D eigenvalue weighted by molar-refractivity contribution is -0.143. The predicted octanol–water partition coefficient (Wildman–Crippen LogP) is 5.46. The van der Waals surface area contributed by atoms with Gasteiger partial charge in [0.1, 0.15) is 17.3 Å². The molecule has 136 valence electrons. The first kappa shape index (κ1) is 18.2. The second-order valence-electron chi connectivity index (χ2n) is 5.17. The normalized spacial score (nSPS) is 12.4. The maximum atomic E-state index is 12.9. The van der Waals surface area contributed by atoms with Gasteiger partial charge in [-0.3, -0.25) is 0 Å². The summed E-state index contributed by atoms with van der Waals surface area (Å²) in [5, 5.41) is 2.82. The van der Waals surface area contributed by atoms with Gasteiger partial charge in [-0.05, 0) is 24.3 Å². The van der Waals surface area contributed by atoms with Gasteiger partial charge >= 0.3 is 12.4 Å². The number of rotatable bonds is 2. The number of aromatic nitrogens is 3. The molecule has 0 saturated heterocycles. The second kappa shape index (κ2) is 6.27. The van der Waals surface area contributed by atoms with Crippen molar-refractivity contribution in [3.63, 3.8) is 0 Å². The Hall–Kier alpha value is -2.62. The van der Waals surface area contributed by atoms with Crippen molar-refractivity contribution in [3.05, 3.63) is 53.1 Å². The van der Waals surface area contributed by atoms with Crippen molar-refractivity contribution in [2.24, 2.45) is 0 Å². The molecule has 3 rings (SSSR count). The third-order valence-electron chi connectivity index (χ3n) is 3.34. The van der Waals surface area contributed by atoms with Crippen LogP contribution in [0, 0.1) is 0 Å². The van der Waals surface area contributed by atoms with Gasteiger partial charge in [0.05, 0.1) is 22.8 Å². The highest BCUT2D eigenvalue weighted by atomic mass is 35.5. The smallest absolute Gasteiger partial charge is 0.340 e. The number of benzene rings is 1. The topological polar surface area (TPSA) is 50.7 Å². The Bertz CT molecular complexity index is 938. The van der Waals surface area contributed by atoms with Crippen LogP contribution in [-0.2, 0) is 12.4 Å². The third kappa shape index (κ3) is 3.79. The lowest BCUT2D eigenvalue weighted by Gasteiger charge is -2.15. The minimum atomic E-state index is -4.95. The van der Waals surface area contributed by atoms with Crippen LogP contribution in [0.4, 0.5) is 37.8 Å². The number of hydrogen-bond acceptors (Lipinski definition) is 4. The van der Waals surface area contributed by atoms with E-state index in [0.717, 1.165) is 6.33 Å². The van der Waals surface area contributed by atoms with E-state index in [0.29, 0.717) is 23.0 Å². The highest BCUT2D eigenvalue weighted by molar-refractivity contribution is 6.30. The van der Waals surface area contributed by atoms with Gasteiger partial charge in [0, 0.05) is 11.1 Å². The van der Waals surface area contributed by atoms with Crippen LogP contribution in [0.15, 0.2) is 36.8 Å². The van der Waals surface area contributed by atoms with E-state index in [-0.39, 0.29) is 17.0 Å². The van der Waals surface area contributed by atoms with Crippen LogP contribution in [0.3, 0.4) is 0 Å². The SMILES string of the molecule is FC(F)(F)c1cc(Nc2ncnc3cnc(Cl)cc23)cc(C(F)(F)F)c1. The molecule has 0 bridgehead atoms. The van der Waals surface area contributed by atoms with Gasteiger partial charge in [-0.25, -0.2) is 15.0 Å². The average Bonchev–Trinajstić information content (AvgIpc) is 2.53. The molecule has 0 saturated carbocycles. The van der Waals surface area contributed by atoms with Gasteiger partial charge in [0.2, 0.25) is 0 Å². The number of alkyl halides is 6. The molecule has 0 aliphatic carbocycles. The summed E-state index contributed by atoms with van der Waals surface area (Å²) in [4.78, 5) is 11.6. The van der Waals surface area contributed by atoms with Crippen molar-refractivity contribution in [3.8, 4) is 0 Å². The number of fused-ring (bicyclic) bond motifs is 1. The summed E-state index contributed by atoms with van der Waals surface area (Å²) >= 11 is 5.77. The Morgan fingerprint density at radius 1 is 0.808 bits per heavy atom. The predicted molar refractivity (Wildman–Crippen MR) is 82.1 cm³/mol. The molecular weight excluding hydrogens is 386 g/mol. The lowest BCUT2D eigenvalue weighted by Crippen LogP contribution is -2.11. The number of nitrogens with one attached hydrogen (secondary N) is 1. The molecule has 26 heavy (non-hydrogen) atoms. The van der Waals surface area contributed by atoms with Crippen molar-refractivity contribution in [2.75, 3.05) is 5.32 Å². The Kier molecular flexibility index (Phi) is 4.39. The zero-order valence-corrected chi connectivity index (χ0v) is 13.2. The maximum Gasteiger partial charge on any atom is 0.416 e. The fourth-order valence-electron chi connectivity index (χ4n) is 2.20. The van der Waals surface area contributed by atoms with Crippen molar-refractivity contribution < 1.29 is 26.3 Å². The number of hydrogen-bond donors (Lipinski definition) is 1. The van der Waals surface area contributed by atoms with Crippen LogP contribution in [0.25, 0.3) is 10.9 Å². The molecule has 1 N–H and O–H groups in total. The zero-order valence-electron chi connectivity index (χ0n) is 12.5. The molecule has 11 heteroatoms. The van der Waals surface area contributed by atoms with E-state index >= 15 is 0 Å². The van der Waals surface area contributed by atoms with Crippen LogP contribution in [-0.4, -0.2) is 15.0 Å². The second-order valence-corrected chi connectivity index (χ2v) is 5.55. The molecule has 2 aromatic heterocycles. The summed E-state index contributed by atoms with van der Waals surface area (Å²) < 4.78 is 77.6. The van der Waals surface area contributed by atoms with Crippen molar-refractivity contribution >= 4 is 34.0 Å². The van der Waals surface area contributed by atoms with Gasteiger partial charge in [-0.15, -0.1) is 0 Å². The van der Waals surface area contributed by atoms with E-state index < -0.39 is 29.2 Å². The molecule has 4 nitrogen and oxygen atoms in total. The van der Waals surface area contributed by atoms with E-state index in [1.807, 2.05) is 0 Å². The summed E-state index contributed by atoms with van der Waals surface area (Å²) in [5.41, 5.74) is -2.99. The molecule has 0 unspecified atom stereocenters. The Morgan fingerprint density at radius 2 is 1.42 bits per heavy atom. The number of nitrogens with zero attached hydrogens (tertiary/aromatic N) is 3. The zero-order chi connectivity index (χ0) is 19.1. The molecule has 0 atom stereocenters. The fraction of sp³-hybridized carbons (Fsp3) is 0.133. The standard InChI is InChI=1S/C15H7ClF6N4/c16-12-4-10-11(5-23-12)24-6-25-13(10)26-9-2-7(14(17,18)19)1-8(3-9)15(20,21)22/h1-6H,(H,24,25,26). The van der Waals surface area contributed by atoms with Crippen LogP contribution in [0.1, 0.15) is 11.1 Å². The first-order valence-corrected chi connectivity index (χ1v) is 7.24. The molecule has 0 fully saturated rings. The Balaban J connectivity index is 2.12. The average molecular weight is 393 g/mol. The molecular formula is C15H7ClF6N4.